The summed E-state index contributed by atoms with van der Waals surface area (Å²) in [4.78, 5) is 0. The van der Waals surface area contributed by atoms with E-state index in [2.05, 4.69) is 12.1 Å². The van der Waals surface area contributed by atoms with Crippen LogP contribution in [0.5, 0.6) is 0 Å². The SMILES string of the molecule is COCC1(COC)Cc2ccc(CO)cc2C1. The van der Waals surface area contributed by atoms with Crippen LogP contribution in [0, 0.1) is 5.41 Å². The lowest BCUT2D eigenvalue weighted by Crippen LogP contribution is -2.32. The molecule has 2 rings (SSSR count). The zero-order valence-electron chi connectivity index (χ0n) is 10.5. The Morgan fingerprint density at radius 1 is 1.12 bits per heavy atom. The fourth-order valence-corrected chi connectivity index (χ4v) is 2.84. The first-order valence-corrected chi connectivity index (χ1v) is 5.92. The standard InChI is InChI=1S/C14H20O3/c1-16-9-14(10-17-2)6-12-4-3-11(8-15)5-13(12)7-14/h3-5,15H,6-10H2,1-2H3. The number of aliphatic hydroxyl groups excluding tert-OH is 1. The van der Waals surface area contributed by atoms with Gasteiger partial charge in [0.1, 0.15) is 0 Å². The highest BCUT2D eigenvalue weighted by Crippen LogP contribution is 2.38. The smallest absolute Gasteiger partial charge is 0.0681 e. The molecule has 17 heavy (non-hydrogen) atoms. The van der Waals surface area contributed by atoms with E-state index >= 15 is 0 Å². The second kappa shape index (κ2) is 5.17. The first-order chi connectivity index (χ1) is 8.23. The van der Waals surface area contributed by atoms with Crippen LogP contribution < -0.4 is 0 Å². The Hall–Kier alpha value is -0.900. The van der Waals surface area contributed by atoms with E-state index in [-0.39, 0.29) is 12.0 Å². The number of rotatable bonds is 5. The molecule has 1 aromatic rings. The third-order valence-corrected chi connectivity index (χ3v) is 3.49. The maximum Gasteiger partial charge on any atom is 0.0681 e. The van der Waals surface area contributed by atoms with Crippen LogP contribution in [-0.4, -0.2) is 32.5 Å². The molecule has 0 aromatic heterocycles. The van der Waals surface area contributed by atoms with Gasteiger partial charge in [-0.25, -0.2) is 0 Å². The molecule has 0 atom stereocenters. The molecule has 0 fully saturated rings. The lowest BCUT2D eigenvalue weighted by atomic mass is 9.86. The second-order valence-electron chi connectivity index (χ2n) is 4.98. The van der Waals surface area contributed by atoms with Gasteiger partial charge < -0.3 is 14.6 Å². The quantitative estimate of drug-likeness (QED) is 0.843. The third kappa shape index (κ3) is 2.51. The Morgan fingerprint density at radius 3 is 2.35 bits per heavy atom. The van der Waals surface area contributed by atoms with Crippen molar-refractivity contribution in [3.8, 4) is 0 Å². The van der Waals surface area contributed by atoms with E-state index in [9.17, 15) is 0 Å². The molecule has 0 aliphatic heterocycles. The van der Waals surface area contributed by atoms with Crippen LogP contribution in [0.1, 0.15) is 16.7 Å². The molecule has 1 N–H and O–H groups in total. The number of aliphatic hydroxyl groups is 1. The summed E-state index contributed by atoms with van der Waals surface area (Å²) in [5.74, 6) is 0. The van der Waals surface area contributed by atoms with Crippen molar-refractivity contribution in [1.82, 2.24) is 0 Å². The lowest BCUT2D eigenvalue weighted by Gasteiger charge is -2.26. The zero-order valence-corrected chi connectivity index (χ0v) is 10.5. The highest BCUT2D eigenvalue weighted by atomic mass is 16.5. The van der Waals surface area contributed by atoms with Crippen molar-refractivity contribution in [2.24, 2.45) is 5.41 Å². The van der Waals surface area contributed by atoms with Gasteiger partial charge in [0.05, 0.1) is 19.8 Å². The Balaban J connectivity index is 2.22. The molecule has 1 aliphatic rings. The number of hydrogen-bond acceptors (Lipinski definition) is 3. The number of hydrogen-bond donors (Lipinski definition) is 1. The number of fused-ring (bicyclic) bond motifs is 1. The van der Waals surface area contributed by atoms with Gasteiger partial charge in [-0.2, -0.15) is 0 Å². The van der Waals surface area contributed by atoms with Gasteiger partial charge in [0, 0.05) is 19.6 Å². The minimum atomic E-state index is 0.0694. The normalized spacial score (nSPS) is 17.1. The summed E-state index contributed by atoms with van der Waals surface area (Å²) in [7, 11) is 3.47. The van der Waals surface area contributed by atoms with Crippen molar-refractivity contribution < 1.29 is 14.6 Å². The average Bonchev–Trinajstić information content (AvgIpc) is 2.66. The number of methoxy groups -OCH3 is 2. The van der Waals surface area contributed by atoms with Crippen LogP contribution in [0.25, 0.3) is 0 Å². The van der Waals surface area contributed by atoms with E-state index in [1.165, 1.54) is 11.1 Å². The fraction of sp³-hybridized carbons (Fsp3) is 0.571. The van der Waals surface area contributed by atoms with Crippen molar-refractivity contribution in [3.63, 3.8) is 0 Å². The first-order valence-electron chi connectivity index (χ1n) is 5.92. The molecular formula is C14H20O3. The summed E-state index contributed by atoms with van der Waals surface area (Å²) in [6.07, 6.45) is 1.97. The maximum absolute atomic E-state index is 9.16. The maximum atomic E-state index is 9.16. The third-order valence-electron chi connectivity index (χ3n) is 3.49. The van der Waals surface area contributed by atoms with E-state index < -0.39 is 0 Å². The Labute approximate surface area is 102 Å². The summed E-state index contributed by atoms with van der Waals surface area (Å²) in [5.41, 5.74) is 3.73. The molecule has 0 spiro atoms. The van der Waals surface area contributed by atoms with Crippen LogP contribution in [0.4, 0.5) is 0 Å². The molecule has 0 saturated carbocycles. The lowest BCUT2D eigenvalue weighted by molar-refractivity contribution is 0.0168. The van der Waals surface area contributed by atoms with Crippen LogP contribution in [0.2, 0.25) is 0 Å². The van der Waals surface area contributed by atoms with E-state index in [1.807, 2.05) is 6.07 Å². The molecule has 0 saturated heterocycles. The fourth-order valence-electron chi connectivity index (χ4n) is 2.84. The van der Waals surface area contributed by atoms with E-state index in [0.717, 1.165) is 18.4 Å². The summed E-state index contributed by atoms with van der Waals surface area (Å²) in [6.45, 7) is 1.53. The predicted molar refractivity (Wildman–Crippen MR) is 66.0 cm³/mol. The summed E-state index contributed by atoms with van der Waals surface area (Å²) in [6, 6.07) is 6.21. The van der Waals surface area contributed by atoms with Gasteiger partial charge in [-0.05, 0) is 29.5 Å². The number of benzene rings is 1. The van der Waals surface area contributed by atoms with Crippen molar-refractivity contribution >= 4 is 0 Å². The number of ether oxygens (including phenoxy) is 2. The Kier molecular flexibility index (Phi) is 3.82. The van der Waals surface area contributed by atoms with E-state index in [1.54, 1.807) is 14.2 Å². The first kappa shape index (κ1) is 12.6. The summed E-state index contributed by atoms with van der Waals surface area (Å²) in [5, 5.41) is 9.16. The second-order valence-corrected chi connectivity index (χ2v) is 4.98. The Morgan fingerprint density at radius 2 is 1.76 bits per heavy atom. The molecule has 1 aromatic carbocycles. The molecule has 0 bridgehead atoms. The van der Waals surface area contributed by atoms with E-state index in [0.29, 0.717) is 13.2 Å². The summed E-state index contributed by atoms with van der Waals surface area (Å²) < 4.78 is 10.7. The average molecular weight is 236 g/mol. The molecular weight excluding hydrogens is 216 g/mol. The molecule has 0 unspecified atom stereocenters. The van der Waals surface area contributed by atoms with Gasteiger partial charge in [0.2, 0.25) is 0 Å². The van der Waals surface area contributed by atoms with Crippen LogP contribution in [0.3, 0.4) is 0 Å². The highest BCUT2D eigenvalue weighted by Gasteiger charge is 2.37. The monoisotopic (exact) mass is 236 g/mol. The van der Waals surface area contributed by atoms with Crippen molar-refractivity contribution in [1.29, 1.82) is 0 Å². The van der Waals surface area contributed by atoms with Crippen LogP contribution in [0.15, 0.2) is 18.2 Å². The molecule has 3 nitrogen and oxygen atoms in total. The summed E-state index contributed by atoms with van der Waals surface area (Å²) >= 11 is 0. The van der Waals surface area contributed by atoms with Crippen LogP contribution in [-0.2, 0) is 28.9 Å². The molecule has 0 amide bonds. The van der Waals surface area contributed by atoms with E-state index in [4.69, 9.17) is 14.6 Å². The minimum absolute atomic E-state index is 0.0694. The Bertz CT molecular complexity index is 381. The van der Waals surface area contributed by atoms with Crippen LogP contribution >= 0.6 is 0 Å². The predicted octanol–water partition coefficient (Wildman–Crippen LogP) is 1.56. The van der Waals surface area contributed by atoms with Gasteiger partial charge in [0.15, 0.2) is 0 Å². The van der Waals surface area contributed by atoms with Gasteiger partial charge in [-0.3, -0.25) is 0 Å². The molecule has 0 heterocycles. The molecule has 94 valence electrons. The largest absolute Gasteiger partial charge is 0.392 e. The molecule has 3 heteroatoms. The van der Waals surface area contributed by atoms with Gasteiger partial charge >= 0.3 is 0 Å². The minimum Gasteiger partial charge on any atom is -0.392 e. The van der Waals surface area contributed by atoms with Gasteiger partial charge in [0.25, 0.3) is 0 Å². The zero-order chi connectivity index (χ0) is 12.3. The van der Waals surface area contributed by atoms with Crippen molar-refractivity contribution in [2.75, 3.05) is 27.4 Å². The van der Waals surface area contributed by atoms with Crippen molar-refractivity contribution in [3.05, 3.63) is 34.9 Å². The molecule has 0 radical (unpaired) electrons. The van der Waals surface area contributed by atoms with Gasteiger partial charge in [-0.1, -0.05) is 18.2 Å². The topological polar surface area (TPSA) is 38.7 Å². The molecule has 1 aliphatic carbocycles. The van der Waals surface area contributed by atoms with Crippen molar-refractivity contribution in [2.45, 2.75) is 19.4 Å². The van der Waals surface area contributed by atoms with Gasteiger partial charge in [-0.15, -0.1) is 0 Å². The highest BCUT2D eigenvalue weighted by molar-refractivity contribution is 5.37.